The number of furan rings is 1. The largest absolute Gasteiger partial charge is 0.462 e. The molecule has 0 aliphatic carbocycles. The van der Waals surface area contributed by atoms with Gasteiger partial charge in [-0.25, -0.2) is 0 Å². The molecule has 0 radical (unpaired) electrons. The number of aryl methyl sites for hydroxylation is 2. The summed E-state index contributed by atoms with van der Waals surface area (Å²) >= 11 is 0. The third-order valence-corrected chi connectivity index (χ3v) is 2.46. The molecule has 0 aliphatic heterocycles. The zero-order valence-electron chi connectivity index (χ0n) is 10.3. The lowest BCUT2D eigenvalue weighted by Crippen LogP contribution is -2.09. The minimum Gasteiger partial charge on any atom is -0.462 e. The van der Waals surface area contributed by atoms with Gasteiger partial charge in [0.2, 0.25) is 5.91 Å². The smallest absolute Gasteiger partial charge is 0.248 e. The van der Waals surface area contributed by atoms with Crippen molar-refractivity contribution < 1.29 is 9.21 Å². The lowest BCUT2D eigenvalue weighted by atomic mass is 10.2. The number of nitrogens with zero attached hydrogens (tertiary/aromatic N) is 1. The van der Waals surface area contributed by atoms with Crippen LogP contribution >= 0.6 is 0 Å². The van der Waals surface area contributed by atoms with Crippen molar-refractivity contribution in [3.05, 3.63) is 53.8 Å². The summed E-state index contributed by atoms with van der Waals surface area (Å²) in [4.78, 5) is 15.6. The Hall–Kier alpha value is -2.36. The van der Waals surface area contributed by atoms with Gasteiger partial charge in [0.15, 0.2) is 0 Å². The first kappa shape index (κ1) is 12.1. The van der Waals surface area contributed by atoms with Gasteiger partial charge in [0.1, 0.15) is 11.5 Å². The van der Waals surface area contributed by atoms with E-state index in [9.17, 15) is 4.79 Å². The van der Waals surface area contributed by atoms with Gasteiger partial charge in [0, 0.05) is 12.3 Å². The molecule has 4 nitrogen and oxygen atoms in total. The van der Waals surface area contributed by atoms with Crippen molar-refractivity contribution in [1.82, 2.24) is 4.98 Å². The number of carbonyl (C=O) groups is 1. The molecule has 0 aromatic carbocycles. The van der Waals surface area contributed by atoms with Crippen LogP contribution in [0.1, 0.15) is 17.1 Å². The third kappa shape index (κ3) is 3.07. The molecule has 0 unspecified atom stereocenters. The SMILES string of the molecule is Cc1ccc(/C=C/C(=O)Nc2cnccc2C)o1. The normalized spacial score (nSPS) is 10.8. The Kier molecular flexibility index (Phi) is 3.57. The number of hydrogen-bond acceptors (Lipinski definition) is 3. The number of aromatic nitrogens is 1. The highest BCUT2D eigenvalue weighted by molar-refractivity contribution is 6.02. The molecule has 0 spiro atoms. The van der Waals surface area contributed by atoms with Gasteiger partial charge in [0.25, 0.3) is 0 Å². The van der Waals surface area contributed by atoms with E-state index in [1.165, 1.54) is 6.08 Å². The Labute approximate surface area is 105 Å². The first-order valence-electron chi connectivity index (χ1n) is 5.61. The summed E-state index contributed by atoms with van der Waals surface area (Å²) in [7, 11) is 0. The quantitative estimate of drug-likeness (QED) is 0.842. The van der Waals surface area contributed by atoms with Gasteiger partial charge >= 0.3 is 0 Å². The first-order chi connectivity index (χ1) is 8.65. The van der Waals surface area contributed by atoms with Crippen molar-refractivity contribution in [3.8, 4) is 0 Å². The van der Waals surface area contributed by atoms with Crippen LogP contribution in [0, 0.1) is 13.8 Å². The van der Waals surface area contributed by atoms with Gasteiger partial charge < -0.3 is 9.73 Å². The molecule has 0 saturated carbocycles. The number of hydrogen-bond donors (Lipinski definition) is 1. The fourth-order valence-corrected chi connectivity index (χ4v) is 1.47. The van der Waals surface area contributed by atoms with E-state index in [0.717, 1.165) is 11.3 Å². The monoisotopic (exact) mass is 242 g/mol. The molecule has 1 amide bonds. The van der Waals surface area contributed by atoms with Crippen molar-refractivity contribution in [1.29, 1.82) is 0 Å². The van der Waals surface area contributed by atoms with Crippen molar-refractivity contribution in [3.63, 3.8) is 0 Å². The van der Waals surface area contributed by atoms with Gasteiger partial charge in [-0.15, -0.1) is 0 Å². The Balaban J connectivity index is 2.01. The number of nitrogens with one attached hydrogen (secondary N) is 1. The Morgan fingerprint density at radius 3 is 2.83 bits per heavy atom. The fraction of sp³-hybridized carbons (Fsp3) is 0.143. The lowest BCUT2D eigenvalue weighted by molar-refractivity contribution is -0.111. The van der Waals surface area contributed by atoms with Crippen molar-refractivity contribution in [2.75, 3.05) is 5.32 Å². The second kappa shape index (κ2) is 5.31. The van der Waals surface area contributed by atoms with Gasteiger partial charge in [-0.2, -0.15) is 0 Å². The molecule has 0 aliphatic rings. The zero-order valence-corrected chi connectivity index (χ0v) is 10.3. The van der Waals surface area contributed by atoms with Crippen LogP contribution in [-0.4, -0.2) is 10.9 Å². The van der Waals surface area contributed by atoms with Crippen LogP contribution in [0.25, 0.3) is 6.08 Å². The predicted molar refractivity (Wildman–Crippen MR) is 70.1 cm³/mol. The van der Waals surface area contributed by atoms with E-state index in [1.54, 1.807) is 18.5 Å². The van der Waals surface area contributed by atoms with E-state index in [-0.39, 0.29) is 5.91 Å². The average Bonchev–Trinajstić information content (AvgIpc) is 2.76. The van der Waals surface area contributed by atoms with Crippen molar-refractivity contribution >= 4 is 17.7 Å². The number of rotatable bonds is 3. The second-order valence-corrected chi connectivity index (χ2v) is 3.96. The number of pyridine rings is 1. The summed E-state index contributed by atoms with van der Waals surface area (Å²) < 4.78 is 5.33. The second-order valence-electron chi connectivity index (χ2n) is 3.96. The highest BCUT2D eigenvalue weighted by Gasteiger charge is 2.01. The molecule has 1 N–H and O–H groups in total. The van der Waals surface area contributed by atoms with Gasteiger partial charge in [0.05, 0.1) is 11.9 Å². The summed E-state index contributed by atoms with van der Waals surface area (Å²) in [6.07, 6.45) is 6.38. The van der Waals surface area contributed by atoms with E-state index >= 15 is 0 Å². The molecule has 0 fully saturated rings. The molecule has 2 aromatic rings. The van der Waals surface area contributed by atoms with Gasteiger partial charge in [-0.1, -0.05) is 0 Å². The Morgan fingerprint density at radius 2 is 2.17 bits per heavy atom. The summed E-state index contributed by atoms with van der Waals surface area (Å²) in [6.45, 7) is 3.77. The Morgan fingerprint density at radius 1 is 1.33 bits per heavy atom. The van der Waals surface area contributed by atoms with Crippen LogP contribution in [0.15, 0.2) is 41.1 Å². The maximum Gasteiger partial charge on any atom is 0.248 e. The first-order valence-corrected chi connectivity index (χ1v) is 5.61. The molecular formula is C14H14N2O2. The van der Waals surface area contributed by atoms with Crippen molar-refractivity contribution in [2.24, 2.45) is 0 Å². The minimum atomic E-state index is -0.208. The summed E-state index contributed by atoms with van der Waals surface area (Å²) in [5, 5.41) is 2.76. The molecule has 2 heterocycles. The maximum absolute atomic E-state index is 11.7. The molecule has 0 atom stereocenters. The topological polar surface area (TPSA) is 55.1 Å². The summed E-state index contributed by atoms with van der Waals surface area (Å²) in [5.41, 5.74) is 1.68. The van der Waals surface area contributed by atoms with E-state index < -0.39 is 0 Å². The van der Waals surface area contributed by atoms with Crippen LogP contribution in [-0.2, 0) is 4.79 Å². The van der Waals surface area contributed by atoms with Crippen LogP contribution in [0.4, 0.5) is 5.69 Å². The molecule has 92 valence electrons. The van der Waals surface area contributed by atoms with Gasteiger partial charge in [-0.3, -0.25) is 9.78 Å². The molecule has 2 rings (SSSR count). The molecular weight excluding hydrogens is 228 g/mol. The van der Waals surface area contributed by atoms with Gasteiger partial charge in [-0.05, 0) is 43.7 Å². The predicted octanol–water partition coefficient (Wildman–Crippen LogP) is 2.94. The molecule has 0 bridgehead atoms. The summed E-state index contributed by atoms with van der Waals surface area (Å²) in [6, 6.07) is 5.51. The maximum atomic E-state index is 11.7. The Bertz CT molecular complexity index is 585. The highest BCUT2D eigenvalue weighted by atomic mass is 16.3. The summed E-state index contributed by atoms with van der Waals surface area (Å²) in [5.74, 6) is 1.27. The lowest BCUT2D eigenvalue weighted by Gasteiger charge is -2.04. The molecule has 4 heteroatoms. The highest BCUT2D eigenvalue weighted by Crippen LogP contribution is 2.12. The van der Waals surface area contributed by atoms with E-state index in [1.807, 2.05) is 32.0 Å². The molecule has 18 heavy (non-hydrogen) atoms. The zero-order chi connectivity index (χ0) is 13.0. The standard InChI is InChI=1S/C14H14N2O2/c1-10-7-8-15-9-13(10)16-14(17)6-5-12-4-3-11(2)18-12/h3-9H,1-2H3,(H,16,17)/b6-5+. The van der Waals surface area contributed by atoms with Crippen molar-refractivity contribution in [2.45, 2.75) is 13.8 Å². The van der Waals surface area contributed by atoms with E-state index in [4.69, 9.17) is 4.42 Å². The van der Waals surface area contributed by atoms with E-state index in [0.29, 0.717) is 11.4 Å². The molecule has 2 aromatic heterocycles. The van der Waals surface area contributed by atoms with Crippen LogP contribution in [0.5, 0.6) is 0 Å². The van der Waals surface area contributed by atoms with Crippen LogP contribution in [0.3, 0.4) is 0 Å². The van der Waals surface area contributed by atoms with E-state index in [2.05, 4.69) is 10.3 Å². The number of anilines is 1. The number of amides is 1. The minimum absolute atomic E-state index is 0.208. The third-order valence-electron chi connectivity index (χ3n) is 2.46. The van der Waals surface area contributed by atoms with Crippen LogP contribution < -0.4 is 5.32 Å². The fourth-order valence-electron chi connectivity index (χ4n) is 1.47. The van der Waals surface area contributed by atoms with Crippen LogP contribution in [0.2, 0.25) is 0 Å². The number of carbonyl (C=O) groups excluding carboxylic acids is 1. The molecule has 0 saturated heterocycles. The average molecular weight is 242 g/mol.